The first kappa shape index (κ1) is 10.2. The molecule has 1 aliphatic rings. The van der Waals surface area contributed by atoms with Crippen LogP contribution in [0.2, 0.25) is 0 Å². The van der Waals surface area contributed by atoms with Crippen LogP contribution in [0.15, 0.2) is 17.1 Å². The summed E-state index contributed by atoms with van der Waals surface area (Å²) >= 11 is 0. The number of nitrogens with two attached hydrogens (primary N) is 1. The van der Waals surface area contributed by atoms with Crippen molar-refractivity contribution in [2.24, 2.45) is 0 Å². The van der Waals surface area contributed by atoms with Gasteiger partial charge in [0.2, 0.25) is 0 Å². The number of aromatic nitrogens is 1. The number of ether oxygens (including phenoxy) is 1. The average Bonchev–Trinajstić information content (AvgIpc) is 2.67. The Morgan fingerprint density at radius 3 is 3.13 bits per heavy atom. The first-order valence-electron chi connectivity index (χ1n) is 5.25. The summed E-state index contributed by atoms with van der Waals surface area (Å²) in [6, 6.07) is 1.57. The number of nitrogens with zero attached hydrogens (tertiary/aromatic N) is 1. The van der Waals surface area contributed by atoms with Gasteiger partial charge in [-0.25, -0.2) is 0 Å². The molecular formula is C11H16N2O2. The van der Waals surface area contributed by atoms with E-state index in [1.54, 1.807) is 16.8 Å². The fourth-order valence-corrected chi connectivity index (χ4v) is 1.84. The van der Waals surface area contributed by atoms with Gasteiger partial charge in [-0.15, -0.1) is 0 Å². The number of nitrogen functional groups attached to an aromatic ring is 1. The summed E-state index contributed by atoms with van der Waals surface area (Å²) in [4.78, 5) is 11.6. The van der Waals surface area contributed by atoms with E-state index < -0.39 is 0 Å². The van der Waals surface area contributed by atoms with Crippen molar-refractivity contribution >= 4 is 5.69 Å². The summed E-state index contributed by atoms with van der Waals surface area (Å²) in [5, 5.41) is 0. The second-order valence-corrected chi connectivity index (χ2v) is 4.04. The van der Waals surface area contributed by atoms with Gasteiger partial charge < -0.3 is 15.0 Å². The zero-order valence-corrected chi connectivity index (χ0v) is 8.90. The summed E-state index contributed by atoms with van der Waals surface area (Å²) in [5.41, 5.74) is 7.26. The highest BCUT2D eigenvalue weighted by molar-refractivity contribution is 5.42. The van der Waals surface area contributed by atoms with Crippen molar-refractivity contribution in [3.63, 3.8) is 0 Å². The third-order valence-electron chi connectivity index (χ3n) is 2.80. The van der Waals surface area contributed by atoms with Crippen molar-refractivity contribution in [1.29, 1.82) is 0 Å². The third-order valence-corrected chi connectivity index (χ3v) is 2.80. The highest BCUT2D eigenvalue weighted by Crippen LogP contribution is 2.14. The summed E-state index contributed by atoms with van der Waals surface area (Å²) < 4.78 is 7.12. The molecule has 2 N–H and O–H groups in total. The van der Waals surface area contributed by atoms with Crippen molar-refractivity contribution in [3.8, 4) is 0 Å². The molecule has 1 aliphatic heterocycles. The van der Waals surface area contributed by atoms with Gasteiger partial charge in [-0.05, 0) is 25.3 Å². The maximum atomic E-state index is 11.6. The second kappa shape index (κ2) is 4.06. The van der Waals surface area contributed by atoms with Crippen molar-refractivity contribution < 1.29 is 4.74 Å². The molecule has 2 heterocycles. The average molecular weight is 208 g/mol. The lowest BCUT2D eigenvalue weighted by molar-refractivity contribution is 0.0962. The van der Waals surface area contributed by atoms with Gasteiger partial charge in [0.25, 0.3) is 5.56 Å². The zero-order valence-electron chi connectivity index (χ0n) is 8.90. The van der Waals surface area contributed by atoms with Crippen molar-refractivity contribution in [2.75, 3.05) is 12.3 Å². The number of pyridine rings is 1. The SMILES string of the molecule is Cc1cc(=O)n(C[C@H]2CCCO2)cc1N. The fourth-order valence-electron chi connectivity index (χ4n) is 1.84. The van der Waals surface area contributed by atoms with E-state index in [9.17, 15) is 4.79 Å². The quantitative estimate of drug-likeness (QED) is 0.786. The highest BCUT2D eigenvalue weighted by atomic mass is 16.5. The lowest BCUT2D eigenvalue weighted by atomic mass is 10.2. The van der Waals surface area contributed by atoms with Gasteiger partial charge in [0.1, 0.15) is 0 Å². The lowest BCUT2D eigenvalue weighted by Gasteiger charge is -2.12. The number of rotatable bonds is 2. The number of anilines is 1. The molecule has 0 radical (unpaired) electrons. The van der Waals surface area contributed by atoms with E-state index in [1.807, 2.05) is 6.92 Å². The van der Waals surface area contributed by atoms with E-state index in [4.69, 9.17) is 10.5 Å². The Hall–Kier alpha value is -1.29. The van der Waals surface area contributed by atoms with E-state index in [-0.39, 0.29) is 11.7 Å². The molecule has 4 heteroatoms. The van der Waals surface area contributed by atoms with E-state index in [2.05, 4.69) is 0 Å². The Labute approximate surface area is 88.7 Å². The number of aryl methyl sites for hydroxylation is 1. The standard InChI is InChI=1S/C11H16N2O2/c1-8-5-11(14)13(7-10(8)12)6-9-3-2-4-15-9/h5,7,9H,2-4,6,12H2,1H3/t9-/m1/s1. The van der Waals surface area contributed by atoms with Gasteiger partial charge in [0.15, 0.2) is 0 Å². The van der Waals surface area contributed by atoms with Gasteiger partial charge in [-0.1, -0.05) is 0 Å². The molecule has 15 heavy (non-hydrogen) atoms. The Balaban J connectivity index is 2.20. The van der Waals surface area contributed by atoms with Crippen molar-refractivity contribution in [2.45, 2.75) is 32.4 Å². The maximum Gasteiger partial charge on any atom is 0.251 e. The summed E-state index contributed by atoms with van der Waals surface area (Å²) in [6.07, 6.45) is 3.99. The number of hydrogen-bond donors (Lipinski definition) is 1. The molecule has 1 saturated heterocycles. The minimum absolute atomic E-state index is 0.00259. The third kappa shape index (κ3) is 2.21. The number of hydrogen-bond acceptors (Lipinski definition) is 3. The van der Waals surface area contributed by atoms with Crippen LogP contribution in [0.1, 0.15) is 18.4 Å². The van der Waals surface area contributed by atoms with Gasteiger partial charge >= 0.3 is 0 Å². The molecule has 2 rings (SSSR count). The Bertz CT molecular complexity index is 406. The first-order valence-corrected chi connectivity index (χ1v) is 5.25. The van der Waals surface area contributed by atoms with Crippen LogP contribution in [0, 0.1) is 6.92 Å². The predicted octanol–water partition coefficient (Wildman–Crippen LogP) is 0.918. The molecule has 0 amide bonds. The molecule has 4 nitrogen and oxygen atoms in total. The van der Waals surface area contributed by atoms with Crippen LogP contribution in [-0.2, 0) is 11.3 Å². The molecule has 0 aromatic carbocycles. The lowest BCUT2D eigenvalue weighted by Crippen LogP contribution is -2.26. The van der Waals surface area contributed by atoms with Crippen LogP contribution in [0.3, 0.4) is 0 Å². The minimum Gasteiger partial charge on any atom is -0.397 e. The molecule has 0 unspecified atom stereocenters. The molecule has 82 valence electrons. The maximum absolute atomic E-state index is 11.6. The van der Waals surface area contributed by atoms with Gasteiger partial charge in [0, 0.05) is 18.9 Å². The zero-order chi connectivity index (χ0) is 10.8. The smallest absolute Gasteiger partial charge is 0.251 e. The molecule has 0 bridgehead atoms. The van der Waals surface area contributed by atoms with Crippen LogP contribution >= 0.6 is 0 Å². The van der Waals surface area contributed by atoms with Crippen LogP contribution in [0.4, 0.5) is 5.69 Å². The normalized spacial score (nSPS) is 20.7. The highest BCUT2D eigenvalue weighted by Gasteiger charge is 2.16. The van der Waals surface area contributed by atoms with E-state index >= 15 is 0 Å². The van der Waals surface area contributed by atoms with Crippen LogP contribution < -0.4 is 11.3 Å². The van der Waals surface area contributed by atoms with Gasteiger partial charge in [-0.2, -0.15) is 0 Å². The molecule has 1 aromatic rings. The summed E-state index contributed by atoms with van der Waals surface area (Å²) in [6.45, 7) is 3.26. The largest absolute Gasteiger partial charge is 0.397 e. The molecule has 1 aromatic heterocycles. The molecule has 0 spiro atoms. The van der Waals surface area contributed by atoms with E-state index in [0.29, 0.717) is 12.2 Å². The van der Waals surface area contributed by atoms with Crippen LogP contribution in [-0.4, -0.2) is 17.3 Å². The Morgan fingerprint density at radius 1 is 1.67 bits per heavy atom. The van der Waals surface area contributed by atoms with Crippen LogP contribution in [0.5, 0.6) is 0 Å². The fraction of sp³-hybridized carbons (Fsp3) is 0.545. The predicted molar refractivity (Wildman–Crippen MR) is 58.8 cm³/mol. The van der Waals surface area contributed by atoms with Crippen LogP contribution in [0.25, 0.3) is 0 Å². The van der Waals surface area contributed by atoms with Gasteiger partial charge in [-0.3, -0.25) is 4.79 Å². The van der Waals surface area contributed by atoms with Crippen molar-refractivity contribution in [3.05, 3.63) is 28.2 Å². The monoisotopic (exact) mass is 208 g/mol. The molecular weight excluding hydrogens is 192 g/mol. The van der Waals surface area contributed by atoms with E-state index in [1.165, 1.54) is 0 Å². The Morgan fingerprint density at radius 2 is 2.47 bits per heavy atom. The molecule has 1 fully saturated rings. The summed E-state index contributed by atoms with van der Waals surface area (Å²) in [5.74, 6) is 0. The van der Waals surface area contributed by atoms with Crippen molar-refractivity contribution in [1.82, 2.24) is 4.57 Å². The summed E-state index contributed by atoms with van der Waals surface area (Å²) in [7, 11) is 0. The second-order valence-electron chi connectivity index (χ2n) is 4.04. The Kier molecular flexibility index (Phi) is 2.77. The van der Waals surface area contributed by atoms with E-state index in [0.717, 1.165) is 25.0 Å². The first-order chi connectivity index (χ1) is 7.16. The molecule has 0 saturated carbocycles. The minimum atomic E-state index is -0.00259. The molecule has 1 atom stereocenters. The van der Waals surface area contributed by atoms with Gasteiger partial charge in [0.05, 0.1) is 18.3 Å². The molecule has 0 aliphatic carbocycles. The topological polar surface area (TPSA) is 57.2 Å².